The number of nitrogens with two attached hydrogens (primary N) is 1. The van der Waals surface area contributed by atoms with Gasteiger partial charge in [-0.2, -0.15) is 31.8 Å². The number of nitrogen functional groups attached to an aromatic ring is 1. The molecule has 0 fully saturated rings. The lowest BCUT2D eigenvalue weighted by molar-refractivity contribution is 0.481. The Morgan fingerprint density at radius 3 is 2.00 bits per heavy atom. The van der Waals surface area contributed by atoms with Crippen molar-refractivity contribution >= 4 is 60.8 Å². The van der Waals surface area contributed by atoms with Gasteiger partial charge >= 0.3 is 0 Å². The van der Waals surface area contributed by atoms with Crippen LogP contribution in [0, 0.1) is 0 Å². The Balaban J connectivity index is 1.90. The van der Waals surface area contributed by atoms with E-state index in [4.69, 9.17) is 21.9 Å². The zero-order valence-corrected chi connectivity index (χ0v) is 17.1. The third-order valence-electron chi connectivity index (χ3n) is 3.54. The van der Waals surface area contributed by atoms with Crippen molar-refractivity contribution in [2.45, 2.75) is 9.79 Å². The van der Waals surface area contributed by atoms with Crippen LogP contribution >= 0.6 is 11.6 Å². The molecule has 12 nitrogen and oxygen atoms in total. The summed E-state index contributed by atoms with van der Waals surface area (Å²) in [5, 5.41) is 5.17. The predicted octanol–water partition coefficient (Wildman–Crippen LogP) is 2.09. The van der Waals surface area contributed by atoms with Crippen molar-refractivity contribution in [1.29, 1.82) is 0 Å². The first-order chi connectivity index (χ1) is 13.9. The highest BCUT2D eigenvalue weighted by Crippen LogP contribution is 2.25. The Labute approximate surface area is 175 Å². The first kappa shape index (κ1) is 21.7. The van der Waals surface area contributed by atoms with E-state index in [1.807, 2.05) is 0 Å². The highest BCUT2D eigenvalue weighted by atomic mass is 35.5. The van der Waals surface area contributed by atoms with Gasteiger partial charge in [-0.05, 0) is 48.0 Å². The van der Waals surface area contributed by atoms with E-state index in [9.17, 15) is 21.4 Å². The minimum Gasteiger partial charge on any atom is -0.398 e. The lowest BCUT2D eigenvalue weighted by Gasteiger charge is -2.10. The molecule has 0 aliphatic carbocycles. The number of hydrogen-bond acceptors (Lipinski definition) is 10. The minimum atomic E-state index is -4.55. The Bertz CT molecular complexity index is 1330. The van der Waals surface area contributed by atoms with Gasteiger partial charge < -0.3 is 16.4 Å². The van der Waals surface area contributed by atoms with Crippen LogP contribution < -0.4 is 16.4 Å². The van der Waals surface area contributed by atoms with E-state index in [1.165, 1.54) is 30.3 Å². The fourth-order valence-corrected chi connectivity index (χ4v) is 3.62. The van der Waals surface area contributed by atoms with Crippen LogP contribution in [0.25, 0.3) is 0 Å². The van der Waals surface area contributed by atoms with Crippen LogP contribution in [0.15, 0.2) is 52.3 Å². The van der Waals surface area contributed by atoms with Crippen LogP contribution in [0.2, 0.25) is 5.28 Å². The molecule has 1 aromatic heterocycles. The third-order valence-corrected chi connectivity index (χ3v) is 5.47. The summed E-state index contributed by atoms with van der Waals surface area (Å²) in [4.78, 5) is 10.9. The summed E-state index contributed by atoms with van der Waals surface area (Å²) >= 11 is 5.88. The summed E-state index contributed by atoms with van der Waals surface area (Å²) in [6, 6.07) is 8.99. The summed E-state index contributed by atoms with van der Waals surface area (Å²) in [7, 11) is -8.95. The Kier molecular flexibility index (Phi) is 5.78. The lowest BCUT2D eigenvalue weighted by Crippen LogP contribution is -2.07. The van der Waals surface area contributed by atoms with E-state index in [1.54, 1.807) is 0 Å². The van der Waals surface area contributed by atoms with Crippen molar-refractivity contribution in [3.05, 3.63) is 47.7 Å². The molecule has 0 unspecified atom stereocenters. The van der Waals surface area contributed by atoms with E-state index in [-0.39, 0.29) is 39.1 Å². The van der Waals surface area contributed by atoms with Gasteiger partial charge in [-0.3, -0.25) is 9.11 Å². The summed E-state index contributed by atoms with van der Waals surface area (Å²) in [5.74, 6) is -0.162. The highest BCUT2D eigenvalue weighted by Gasteiger charge is 2.16. The van der Waals surface area contributed by atoms with Gasteiger partial charge in [0.1, 0.15) is 4.90 Å². The van der Waals surface area contributed by atoms with Crippen molar-refractivity contribution in [1.82, 2.24) is 15.0 Å². The number of aromatic nitrogens is 3. The maximum atomic E-state index is 11.4. The van der Waals surface area contributed by atoms with Crippen LogP contribution in [0.1, 0.15) is 0 Å². The van der Waals surface area contributed by atoms with E-state index in [0.717, 1.165) is 12.1 Å². The van der Waals surface area contributed by atoms with Crippen molar-refractivity contribution < 1.29 is 25.9 Å². The molecule has 15 heteroatoms. The van der Waals surface area contributed by atoms with E-state index in [0.29, 0.717) is 0 Å². The van der Waals surface area contributed by atoms with Gasteiger partial charge in [-0.1, -0.05) is 6.07 Å². The molecule has 3 rings (SSSR count). The molecule has 0 atom stereocenters. The predicted molar refractivity (Wildman–Crippen MR) is 108 cm³/mol. The van der Waals surface area contributed by atoms with E-state index >= 15 is 0 Å². The Morgan fingerprint density at radius 1 is 0.833 bits per heavy atom. The fourth-order valence-electron chi connectivity index (χ4n) is 2.29. The molecule has 0 spiro atoms. The van der Waals surface area contributed by atoms with Crippen LogP contribution in [0.5, 0.6) is 0 Å². The van der Waals surface area contributed by atoms with Gasteiger partial charge in [0.2, 0.25) is 17.2 Å². The molecule has 6 N–H and O–H groups in total. The molecule has 3 aromatic rings. The quantitative estimate of drug-likeness (QED) is 0.259. The molecule has 158 valence electrons. The molecule has 2 aromatic carbocycles. The maximum Gasteiger partial charge on any atom is 0.296 e. The molecule has 0 radical (unpaired) electrons. The standard InChI is InChI=1S/C15H13ClN6O6S2/c16-13-20-14(18-8-2-1-3-10(6-8)29(23,24)25)22-15(21-13)19-9-4-5-11(17)12(7-9)30(26,27)28/h1-7H,17H2,(H,23,24,25)(H,26,27,28)(H2,18,19,20,21,22). The Hall–Kier alpha value is -3.04. The summed E-state index contributed by atoms with van der Waals surface area (Å²) in [5.41, 5.74) is 5.81. The first-order valence-electron chi connectivity index (χ1n) is 7.82. The average Bonchev–Trinajstić information content (AvgIpc) is 2.61. The number of hydrogen-bond donors (Lipinski definition) is 5. The average molecular weight is 473 g/mol. The second kappa shape index (κ2) is 8.00. The SMILES string of the molecule is Nc1ccc(Nc2nc(Cl)nc(Nc3cccc(S(=O)(=O)O)c3)n2)cc1S(=O)(=O)O. The number of nitrogens with one attached hydrogen (secondary N) is 2. The smallest absolute Gasteiger partial charge is 0.296 e. The largest absolute Gasteiger partial charge is 0.398 e. The fraction of sp³-hybridized carbons (Fsp3) is 0. The van der Waals surface area contributed by atoms with Gasteiger partial charge in [-0.15, -0.1) is 0 Å². The summed E-state index contributed by atoms with van der Waals surface area (Å²) in [6.45, 7) is 0. The topological polar surface area (TPSA) is 197 Å². The number of benzene rings is 2. The first-order valence-corrected chi connectivity index (χ1v) is 11.1. The van der Waals surface area contributed by atoms with E-state index < -0.39 is 25.1 Å². The molecule has 0 aliphatic heterocycles. The van der Waals surface area contributed by atoms with Crippen LogP contribution in [-0.4, -0.2) is 40.9 Å². The minimum absolute atomic E-state index is 0.0737. The van der Waals surface area contributed by atoms with Gasteiger partial charge in [-0.25, -0.2) is 0 Å². The number of halogens is 1. The molecule has 0 aliphatic rings. The normalized spacial score (nSPS) is 11.8. The molecule has 0 amide bonds. The zero-order chi connectivity index (χ0) is 22.1. The van der Waals surface area contributed by atoms with Crippen LogP contribution in [0.4, 0.5) is 29.0 Å². The molecule has 0 saturated carbocycles. The monoisotopic (exact) mass is 472 g/mol. The van der Waals surface area contributed by atoms with Gasteiger partial charge in [0.15, 0.2) is 0 Å². The van der Waals surface area contributed by atoms with Crippen molar-refractivity contribution in [3.8, 4) is 0 Å². The van der Waals surface area contributed by atoms with Gasteiger partial charge in [0.25, 0.3) is 20.2 Å². The van der Waals surface area contributed by atoms with Gasteiger partial charge in [0, 0.05) is 11.4 Å². The summed E-state index contributed by atoms with van der Waals surface area (Å²) in [6.07, 6.45) is 0. The van der Waals surface area contributed by atoms with Crippen molar-refractivity contribution in [3.63, 3.8) is 0 Å². The Morgan fingerprint density at radius 2 is 1.43 bits per heavy atom. The second-order valence-electron chi connectivity index (χ2n) is 5.73. The molecule has 0 bridgehead atoms. The van der Waals surface area contributed by atoms with Crippen molar-refractivity contribution in [2.24, 2.45) is 0 Å². The molecule has 1 heterocycles. The summed E-state index contributed by atoms with van der Waals surface area (Å²) < 4.78 is 63.6. The highest BCUT2D eigenvalue weighted by molar-refractivity contribution is 7.86. The van der Waals surface area contributed by atoms with E-state index in [2.05, 4.69) is 25.6 Å². The zero-order valence-electron chi connectivity index (χ0n) is 14.7. The maximum absolute atomic E-state index is 11.4. The lowest BCUT2D eigenvalue weighted by atomic mass is 10.3. The van der Waals surface area contributed by atoms with Crippen LogP contribution in [0.3, 0.4) is 0 Å². The number of anilines is 5. The molecule has 30 heavy (non-hydrogen) atoms. The second-order valence-corrected chi connectivity index (χ2v) is 8.88. The van der Waals surface area contributed by atoms with Crippen molar-refractivity contribution in [2.75, 3.05) is 16.4 Å². The van der Waals surface area contributed by atoms with Gasteiger partial charge in [0.05, 0.1) is 10.6 Å². The number of nitrogens with zero attached hydrogens (tertiary/aromatic N) is 3. The third kappa shape index (κ3) is 5.31. The molecular weight excluding hydrogens is 460 g/mol. The molecule has 0 saturated heterocycles. The number of rotatable bonds is 6. The molecular formula is C15H13ClN6O6S2. The van der Waals surface area contributed by atoms with Crippen LogP contribution in [-0.2, 0) is 20.2 Å².